The zero-order valence-electron chi connectivity index (χ0n) is 23.6. The lowest BCUT2D eigenvalue weighted by Gasteiger charge is -2.34. The van der Waals surface area contributed by atoms with Gasteiger partial charge in [-0.2, -0.15) is 13.2 Å². The van der Waals surface area contributed by atoms with Gasteiger partial charge in [-0.25, -0.2) is 9.18 Å². The minimum absolute atomic E-state index is 0.117. The van der Waals surface area contributed by atoms with Crippen LogP contribution in [0.25, 0.3) is 0 Å². The molecule has 3 amide bonds. The summed E-state index contributed by atoms with van der Waals surface area (Å²) < 4.78 is 61.6. The number of ether oxygens (including phenoxy) is 1. The lowest BCUT2D eigenvalue weighted by molar-refractivity contribution is -0.196. The van der Waals surface area contributed by atoms with Gasteiger partial charge in [0, 0.05) is 23.4 Å². The van der Waals surface area contributed by atoms with E-state index in [4.69, 9.17) is 10.5 Å². The Hall–Kier alpha value is -4.00. The molecule has 2 unspecified atom stereocenters. The molecule has 2 aliphatic carbocycles. The molecule has 0 radical (unpaired) electrons. The van der Waals surface area contributed by atoms with E-state index in [0.717, 1.165) is 17.0 Å². The number of amides is 3. The Morgan fingerprint density at radius 2 is 1.81 bits per heavy atom. The lowest BCUT2D eigenvalue weighted by atomic mass is 9.95. The van der Waals surface area contributed by atoms with Gasteiger partial charge in [0.1, 0.15) is 18.4 Å². The van der Waals surface area contributed by atoms with Crippen molar-refractivity contribution in [3.63, 3.8) is 0 Å². The summed E-state index contributed by atoms with van der Waals surface area (Å²) in [6.07, 6.45) is -5.28. The summed E-state index contributed by atoms with van der Waals surface area (Å²) >= 11 is 0. The average molecular weight is 605 g/mol. The van der Waals surface area contributed by atoms with E-state index in [2.05, 4.69) is 5.32 Å². The Labute approximate surface area is 245 Å². The highest BCUT2D eigenvalue weighted by molar-refractivity contribution is 6.04. The predicted octanol–water partition coefficient (Wildman–Crippen LogP) is 4.35. The third kappa shape index (κ3) is 6.22. The number of hydrogen-bond donors (Lipinski definition) is 2. The number of benzene rings is 2. The standard InChI is InChI=1S/C30H32F4N4O5/c1-16(2)25(35)27(41)36-20-9-10-22-21(11-20)23(39)12-29(22)15-37(28(42)43-29)14-24(40)38(13-17-3-7-19(31)8-4-17)26(18-5-6-18)30(32,33)34/h3-4,7-11,16,18,25-26H,5-6,12-15,35H2,1-2H3,(H,36,41)/t25?,26?,29-/m0/s1. The Bertz CT molecular complexity index is 1440. The molecule has 1 heterocycles. The van der Waals surface area contributed by atoms with E-state index >= 15 is 0 Å². The maximum Gasteiger partial charge on any atom is 0.411 e. The van der Waals surface area contributed by atoms with Gasteiger partial charge in [-0.1, -0.05) is 32.0 Å². The van der Waals surface area contributed by atoms with Crippen LogP contribution in [0.1, 0.15) is 54.6 Å². The van der Waals surface area contributed by atoms with E-state index in [9.17, 15) is 36.7 Å². The maximum absolute atomic E-state index is 14.2. The smallest absolute Gasteiger partial charge is 0.411 e. The highest BCUT2D eigenvalue weighted by Crippen LogP contribution is 2.46. The minimum Gasteiger partial charge on any atom is -0.435 e. The molecule has 3 N–H and O–H groups in total. The summed E-state index contributed by atoms with van der Waals surface area (Å²) in [7, 11) is 0. The number of hydrogen-bond acceptors (Lipinski definition) is 6. The van der Waals surface area contributed by atoms with Gasteiger partial charge in [0.15, 0.2) is 11.4 Å². The first-order valence-electron chi connectivity index (χ1n) is 14.0. The normalized spacial score (nSPS) is 21.2. The molecular formula is C30H32F4N4O5. The molecule has 5 rings (SSSR count). The topological polar surface area (TPSA) is 122 Å². The SMILES string of the molecule is CC(C)C(N)C(=O)Nc1ccc2c(c1)C(=O)C[C@]21CN(CC(=O)N(Cc2ccc(F)cc2)C(C2CC2)C(F)(F)F)C(=O)O1. The number of nitrogens with one attached hydrogen (secondary N) is 1. The van der Waals surface area contributed by atoms with Crippen molar-refractivity contribution in [3.05, 3.63) is 65.0 Å². The monoisotopic (exact) mass is 604 g/mol. The predicted molar refractivity (Wildman–Crippen MR) is 146 cm³/mol. The fourth-order valence-corrected chi connectivity index (χ4v) is 5.71. The van der Waals surface area contributed by atoms with E-state index in [1.807, 2.05) is 0 Å². The van der Waals surface area contributed by atoms with E-state index in [0.29, 0.717) is 34.6 Å². The molecule has 0 bridgehead atoms. The Balaban J connectivity index is 1.35. The van der Waals surface area contributed by atoms with Crippen molar-refractivity contribution < 1.29 is 41.5 Å². The van der Waals surface area contributed by atoms with Gasteiger partial charge in [-0.3, -0.25) is 19.3 Å². The van der Waals surface area contributed by atoms with Crippen molar-refractivity contribution >= 4 is 29.4 Å². The second-order valence-electron chi connectivity index (χ2n) is 11.8. The highest BCUT2D eigenvalue weighted by Gasteiger charge is 2.56. The second-order valence-corrected chi connectivity index (χ2v) is 11.8. The van der Waals surface area contributed by atoms with Crippen molar-refractivity contribution in [1.29, 1.82) is 0 Å². The Morgan fingerprint density at radius 3 is 2.42 bits per heavy atom. The van der Waals surface area contributed by atoms with Gasteiger partial charge in [-0.15, -0.1) is 0 Å². The van der Waals surface area contributed by atoms with E-state index in [1.54, 1.807) is 26.0 Å². The number of nitrogens with zero attached hydrogens (tertiary/aromatic N) is 2. The molecule has 3 aliphatic rings. The molecule has 230 valence electrons. The van der Waals surface area contributed by atoms with Crippen LogP contribution in [0.2, 0.25) is 0 Å². The lowest BCUT2D eigenvalue weighted by Crippen LogP contribution is -2.52. The van der Waals surface area contributed by atoms with Gasteiger partial charge < -0.3 is 20.7 Å². The third-order valence-electron chi connectivity index (χ3n) is 8.18. The number of nitrogens with two attached hydrogens (primary N) is 1. The zero-order valence-corrected chi connectivity index (χ0v) is 23.6. The van der Waals surface area contributed by atoms with Crippen LogP contribution in [0.3, 0.4) is 0 Å². The molecule has 1 saturated heterocycles. The summed E-state index contributed by atoms with van der Waals surface area (Å²) in [6, 6.07) is 6.54. The van der Waals surface area contributed by atoms with Crippen LogP contribution in [0.15, 0.2) is 42.5 Å². The van der Waals surface area contributed by atoms with Gasteiger partial charge in [-0.05, 0) is 54.5 Å². The highest BCUT2D eigenvalue weighted by atomic mass is 19.4. The molecule has 1 saturated carbocycles. The van der Waals surface area contributed by atoms with Crippen LogP contribution in [-0.2, 0) is 26.5 Å². The second kappa shape index (κ2) is 11.3. The average Bonchev–Trinajstić information content (AvgIpc) is 3.66. The molecule has 1 aliphatic heterocycles. The quantitative estimate of drug-likeness (QED) is 0.411. The summed E-state index contributed by atoms with van der Waals surface area (Å²) in [5.41, 5.74) is 5.70. The first-order chi connectivity index (χ1) is 20.2. The number of alkyl halides is 3. The van der Waals surface area contributed by atoms with Crippen LogP contribution in [0.4, 0.5) is 28.0 Å². The first kappa shape index (κ1) is 30.5. The van der Waals surface area contributed by atoms with Crippen LogP contribution in [0.5, 0.6) is 0 Å². The molecule has 0 aromatic heterocycles. The van der Waals surface area contributed by atoms with E-state index < -0.39 is 66.6 Å². The first-order valence-corrected chi connectivity index (χ1v) is 14.0. The van der Waals surface area contributed by atoms with Crippen LogP contribution in [0, 0.1) is 17.7 Å². The van der Waals surface area contributed by atoms with Crippen LogP contribution < -0.4 is 11.1 Å². The molecule has 2 fully saturated rings. The molecule has 13 heteroatoms. The molecule has 1 spiro atoms. The fourth-order valence-electron chi connectivity index (χ4n) is 5.71. The van der Waals surface area contributed by atoms with Gasteiger partial charge in [0.05, 0.1) is 19.0 Å². The number of rotatable bonds is 9. The largest absolute Gasteiger partial charge is 0.435 e. The maximum atomic E-state index is 14.2. The number of carbonyl (C=O) groups excluding carboxylic acids is 4. The molecule has 2 aromatic carbocycles. The van der Waals surface area contributed by atoms with E-state index in [1.165, 1.54) is 18.2 Å². The minimum atomic E-state index is -4.72. The van der Waals surface area contributed by atoms with Crippen molar-refractivity contribution in [3.8, 4) is 0 Å². The Morgan fingerprint density at radius 1 is 1.14 bits per heavy atom. The van der Waals surface area contributed by atoms with Crippen molar-refractivity contribution in [2.75, 3.05) is 18.4 Å². The zero-order chi connectivity index (χ0) is 31.3. The van der Waals surface area contributed by atoms with Gasteiger partial charge in [0.2, 0.25) is 11.8 Å². The number of carbonyl (C=O) groups is 4. The van der Waals surface area contributed by atoms with Crippen molar-refractivity contribution in [2.45, 2.75) is 63.5 Å². The fraction of sp³-hybridized carbons (Fsp3) is 0.467. The number of halogens is 4. The molecule has 3 atom stereocenters. The molecule has 2 aromatic rings. The number of anilines is 1. The molecule has 43 heavy (non-hydrogen) atoms. The summed E-state index contributed by atoms with van der Waals surface area (Å²) in [5, 5.41) is 2.67. The van der Waals surface area contributed by atoms with Gasteiger partial charge in [0.25, 0.3) is 0 Å². The summed E-state index contributed by atoms with van der Waals surface area (Å²) in [5.74, 6) is -3.19. The van der Waals surface area contributed by atoms with Gasteiger partial charge >= 0.3 is 12.3 Å². The summed E-state index contributed by atoms with van der Waals surface area (Å²) in [6.45, 7) is 2.23. The molecule has 9 nitrogen and oxygen atoms in total. The van der Waals surface area contributed by atoms with Crippen molar-refractivity contribution in [1.82, 2.24) is 9.80 Å². The van der Waals surface area contributed by atoms with E-state index in [-0.39, 0.29) is 30.2 Å². The van der Waals surface area contributed by atoms with Crippen LogP contribution >= 0.6 is 0 Å². The summed E-state index contributed by atoms with van der Waals surface area (Å²) in [4.78, 5) is 53.5. The molecular weight excluding hydrogens is 572 g/mol. The number of fused-ring (bicyclic) bond motifs is 2. The van der Waals surface area contributed by atoms with Crippen molar-refractivity contribution in [2.24, 2.45) is 17.6 Å². The number of ketones is 1. The third-order valence-corrected chi connectivity index (χ3v) is 8.18. The number of Topliss-reactive ketones (excluding diaryl/α,β-unsaturated/α-hetero) is 1. The Kier molecular flexibility index (Phi) is 7.97. The van der Waals surface area contributed by atoms with Crippen LogP contribution in [-0.4, -0.2) is 64.8 Å².